The van der Waals surface area contributed by atoms with Gasteiger partial charge in [-0.3, -0.25) is 0 Å². The van der Waals surface area contributed by atoms with Crippen molar-refractivity contribution >= 4 is 26.6 Å². The third-order valence-corrected chi connectivity index (χ3v) is 4.23. The first-order valence-electron chi connectivity index (χ1n) is 9.57. The van der Waals surface area contributed by atoms with Crippen LogP contribution in [0.2, 0.25) is 0 Å². The van der Waals surface area contributed by atoms with Crippen LogP contribution in [0.15, 0.2) is 52.8 Å². The van der Waals surface area contributed by atoms with Crippen molar-refractivity contribution in [1.29, 1.82) is 0 Å². The van der Waals surface area contributed by atoms with E-state index in [4.69, 9.17) is 14.4 Å². The number of hydrogen-bond acceptors (Lipinski definition) is 7. The molecule has 1 atom stereocenters. The average Bonchev–Trinajstić information content (AvgIpc) is 2.76. The number of benzene rings is 2. The molecule has 0 bridgehead atoms. The lowest BCUT2D eigenvalue weighted by molar-refractivity contribution is -0.132. The number of rotatable bonds is 8. The van der Waals surface area contributed by atoms with Crippen molar-refractivity contribution in [1.82, 2.24) is 0 Å². The molecule has 174 valence electrons. The van der Waals surface area contributed by atoms with Crippen LogP contribution in [-0.4, -0.2) is 37.5 Å². The van der Waals surface area contributed by atoms with E-state index < -0.39 is 11.8 Å². The number of ether oxygens (including phenoxy) is 2. The first kappa shape index (κ1) is 25.8. The number of alkyl halides is 2. The van der Waals surface area contributed by atoms with Crippen molar-refractivity contribution in [2.24, 2.45) is 10.3 Å². The zero-order valence-corrected chi connectivity index (χ0v) is 19.7. The van der Waals surface area contributed by atoms with Crippen LogP contribution in [0.1, 0.15) is 29.2 Å². The standard InChI is InChI=1S/C23H23F2N2O5P/c1-15-7-5-10-19(21(27-30-4)22(28)29-3)20(15)14-31-26-16(2)11-12-17-8-6-9-18(13-17)32-23(24,25)33/h5-10,13H,14,33H2,1-4H3/b26-16+,27-21+. The fraction of sp³-hybridized carbons (Fsp3) is 0.261. The van der Waals surface area contributed by atoms with Gasteiger partial charge in [-0.1, -0.05) is 40.5 Å². The van der Waals surface area contributed by atoms with E-state index in [9.17, 15) is 13.6 Å². The van der Waals surface area contributed by atoms with Crippen molar-refractivity contribution in [3.8, 4) is 17.6 Å². The van der Waals surface area contributed by atoms with Crippen molar-refractivity contribution in [3.05, 3.63) is 64.7 Å². The summed E-state index contributed by atoms with van der Waals surface area (Å²) in [6, 6.07) is 11.3. The second kappa shape index (κ2) is 11.9. The Bertz CT molecular complexity index is 1120. The summed E-state index contributed by atoms with van der Waals surface area (Å²) in [5.74, 6) is 1.56. The molecule has 33 heavy (non-hydrogen) atoms. The highest BCUT2D eigenvalue weighted by atomic mass is 31.0. The molecule has 0 saturated carbocycles. The van der Waals surface area contributed by atoms with Gasteiger partial charge in [-0.25, -0.2) is 4.79 Å². The van der Waals surface area contributed by atoms with Crippen molar-refractivity contribution in [3.63, 3.8) is 0 Å². The first-order valence-corrected chi connectivity index (χ1v) is 10.1. The lowest BCUT2D eigenvalue weighted by Gasteiger charge is -2.12. The molecular weight excluding hydrogens is 453 g/mol. The summed E-state index contributed by atoms with van der Waals surface area (Å²) in [7, 11) is 3.89. The Morgan fingerprint density at radius 2 is 1.88 bits per heavy atom. The maximum absolute atomic E-state index is 13.0. The van der Waals surface area contributed by atoms with Crippen LogP contribution in [0.5, 0.6) is 5.75 Å². The Morgan fingerprint density at radius 1 is 1.15 bits per heavy atom. The predicted molar refractivity (Wildman–Crippen MR) is 123 cm³/mol. The molecule has 0 aliphatic heterocycles. The van der Waals surface area contributed by atoms with E-state index in [0.29, 0.717) is 22.4 Å². The third kappa shape index (κ3) is 8.17. The Balaban J connectivity index is 2.16. The summed E-state index contributed by atoms with van der Waals surface area (Å²) in [6.07, 6.45) is 0. The molecule has 0 radical (unpaired) electrons. The molecule has 0 saturated heterocycles. The largest absolute Gasteiger partial charge is 0.464 e. The molecule has 1 unspecified atom stereocenters. The maximum Gasteiger partial charge on any atom is 0.408 e. The number of nitrogens with zero attached hydrogens (tertiary/aromatic N) is 2. The Kier molecular flexibility index (Phi) is 9.31. The average molecular weight is 476 g/mol. The van der Waals surface area contributed by atoms with Gasteiger partial charge in [0.15, 0.2) is 5.71 Å². The zero-order chi connectivity index (χ0) is 24.4. The number of hydrogen-bond donors (Lipinski definition) is 0. The molecular formula is C23H23F2N2O5P. The molecule has 0 heterocycles. The van der Waals surface area contributed by atoms with Gasteiger partial charge in [-0.15, -0.1) is 0 Å². The van der Waals surface area contributed by atoms with Crippen LogP contribution < -0.4 is 4.74 Å². The van der Waals surface area contributed by atoms with Crippen molar-refractivity contribution < 1.29 is 32.7 Å². The number of esters is 1. The van der Waals surface area contributed by atoms with E-state index in [2.05, 4.69) is 26.9 Å². The third-order valence-electron chi connectivity index (χ3n) is 4.11. The monoisotopic (exact) mass is 476 g/mol. The number of aryl methyl sites for hydroxylation is 1. The van der Waals surface area contributed by atoms with E-state index in [-0.39, 0.29) is 18.1 Å². The van der Waals surface area contributed by atoms with Gasteiger partial charge in [0.1, 0.15) is 25.2 Å². The van der Waals surface area contributed by atoms with Crippen molar-refractivity contribution in [2.45, 2.75) is 26.3 Å². The van der Waals surface area contributed by atoms with E-state index in [1.807, 2.05) is 13.0 Å². The van der Waals surface area contributed by atoms with Crippen LogP contribution in [-0.2, 0) is 25.8 Å². The van der Waals surface area contributed by atoms with Gasteiger partial charge in [0.2, 0.25) is 0 Å². The molecule has 0 aliphatic carbocycles. The lowest BCUT2D eigenvalue weighted by atomic mass is 9.99. The van der Waals surface area contributed by atoms with Gasteiger partial charge >= 0.3 is 11.8 Å². The molecule has 2 rings (SSSR count). The number of carbonyl (C=O) groups excluding carboxylic acids is 1. The van der Waals surface area contributed by atoms with Crippen LogP contribution in [0.25, 0.3) is 0 Å². The van der Waals surface area contributed by atoms with Crippen LogP contribution in [0.4, 0.5) is 8.78 Å². The zero-order valence-electron chi connectivity index (χ0n) is 18.5. The number of carbonyl (C=O) groups is 1. The molecule has 2 aromatic rings. The molecule has 2 aromatic carbocycles. The minimum Gasteiger partial charge on any atom is -0.464 e. The SMILES string of the molecule is CO/N=C(/C(=O)OC)c1cccc(C)c1CO/N=C(\C)C#Cc1cccc(OC(F)(F)P)c1. The van der Waals surface area contributed by atoms with Crippen molar-refractivity contribution in [2.75, 3.05) is 14.2 Å². The summed E-state index contributed by atoms with van der Waals surface area (Å²) < 4.78 is 35.2. The van der Waals surface area contributed by atoms with Gasteiger partial charge in [-0.2, -0.15) is 8.78 Å². The maximum atomic E-state index is 13.0. The van der Waals surface area contributed by atoms with Crippen LogP contribution in [0, 0.1) is 18.8 Å². The molecule has 7 nitrogen and oxygen atoms in total. The summed E-state index contributed by atoms with van der Waals surface area (Å²) in [4.78, 5) is 22.3. The van der Waals surface area contributed by atoms with Gasteiger partial charge in [-0.05, 0) is 52.8 Å². The Labute approximate surface area is 192 Å². The normalized spacial score (nSPS) is 11.8. The molecule has 0 fully saturated rings. The van der Waals surface area contributed by atoms with Gasteiger partial charge in [0, 0.05) is 16.7 Å². The van der Waals surface area contributed by atoms with Crippen LogP contribution >= 0.6 is 9.24 Å². The molecule has 0 N–H and O–H groups in total. The fourth-order valence-corrected chi connectivity index (χ4v) is 2.81. The Morgan fingerprint density at radius 3 is 2.55 bits per heavy atom. The number of methoxy groups -OCH3 is 1. The summed E-state index contributed by atoms with van der Waals surface area (Å²) >= 11 is 0. The lowest BCUT2D eigenvalue weighted by Crippen LogP contribution is -2.20. The van der Waals surface area contributed by atoms with E-state index >= 15 is 0 Å². The first-order chi connectivity index (χ1) is 15.6. The quantitative estimate of drug-likeness (QED) is 0.187. The van der Waals surface area contributed by atoms with Crippen LogP contribution in [0.3, 0.4) is 0 Å². The smallest absolute Gasteiger partial charge is 0.408 e. The van der Waals surface area contributed by atoms with Gasteiger partial charge in [0.25, 0.3) is 0 Å². The number of halogens is 2. The number of oxime groups is 2. The van der Waals surface area contributed by atoms with Gasteiger partial charge in [0.05, 0.1) is 7.11 Å². The fourth-order valence-electron chi connectivity index (χ4n) is 2.67. The second-order valence-corrected chi connectivity index (χ2v) is 7.28. The molecule has 0 amide bonds. The molecule has 0 aliphatic rings. The highest BCUT2D eigenvalue weighted by Crippen LogP contribution is 2.27. The van der Waals surface area contributed by atoms with E-state index in [0.717, 1.165) is 5.56 Å². The highest BCUT2D eigenvalue weighted by molar-refractivity contribution is 7.17. The Hall–Kier alpha value is -3.50. The minimum absolute atomic E-state index is 0.000880. The summed E-state index contributed by atoms with van der Waals surface area (Å²) in [6.45, 7) is 3.52. The summed E-state index contributed by atoms with van der Waals surface area (Å²) in [5.41, 5.74) is 2.84. The summed E-state index contributed by atoms with van der Waals surface area (Å²) in [5, 5.41) is 7.74. The predicted octanol–water partition coefficient (Wildman–Crippen LogP) is 4.27. The molecule has 0 aromatic heterocycles. The molecule has 0 spiro atoms. The van der Waals surface area contributed by atoms with E-state index in [1.165, 1.54) is 35.6 Å². The topological polar surface area (TPSA) is 78.7 Å². The second-order valence-electron chi connectivity index (χ2n) is 6.61. The van der Waals surface area contributed by atoms with Gasteiger partial charge < -0.3 is 19.1 Å². The minimum atomic E-state index is -3.37. The highest BCUT2D eigenvalue weighted by Gasteiger charge is 2.23. The van der Waals surface area contributed by atoms with E-state index in [1.54, 1.807) is 31.2 Å². The molecule has 10 heteroatoms.